The summed E-state index contributed by atoms with van der Waals surface area (Å²) >= 11 is 1.10. The van der Waals surface area contributed by atoms with Crippen LogP contribution in [0.3, 0.4) is 0 Å². The number of aromatic nitrogens is 4. The molecule has 45 heavy (non-hydrogen) atoms. The molecule has 0 unspecified atom stereocenters. The molecule has 5 heterocycles. The highest BCUT2D eigenvalue weighted by atomic mass is 32.1. The van der Waals surface area contributed by atoms with Crippen LogP contribution in [0.2, 0.25) is 0 Å². The number of nitrogens with zero attached hydrogens (tertiary/aromatic N) is 5. The Morgan fingerprint density at radius 3 is 2.82 bits per heavy atom. The molecule has 4 atom stereocenters. The Hall–Kier alpha value is -3.76. The summed E-state index contributed by atoms with van der Waals surface area (Å²) in [5.41, 5.74) is 0.759. The number of thiophene rings is 1. The van der Waals surface area contributed by atoms with Gasteiger partial charge in [-0.25, -0.2) is 4.39 Å². The molecule has 6 rings (SSSR count). The molecule has 0 aliphatic carbocycles. The lowest BCUT2D eigenvalue weighted by Crippen LogP contribution is -2.53. The fourth-order valence-electron chi connectivity index (χ4n) is 6.20. The zero-order valence-electron chi connectivity index (χ0n) is 24.9. The van der Waals surface area contributed by atoms with Gasteiger partial charge in [-0.05, 0) is 43.3 Å². The maximum Gasteiger partial charge on any atom is 0.393 e. The number of anilines is 1. The lowest BCUT2D eigenvalue weighted by Gasteiger charge is -2.39. The van der Waals surface area contributed by atoms with Crippen molar-refractivity contribution in [1.82, 2.24) is 30.1 Å². The SMILES string of the molecule is COCCOc1nn(C)cc1C(=O)NCc1nc(-c2sc3c(N[C@@H]4C[C@H]5CC[C@@H]([C@@H]4F)N5C)cccc3c2CC(F)(F)F)no1. The molecule has 2 saturated heterocycles. The molecule has 2 bridgehead atoms. The molecule has 11 nitrogen and oxygen atoms in total. The number of fused-ring (bicyclic) bond motifs is 3. The number of carbonyl (C=O) groups is 1. The van der Waals surface area contributed by atoms with Crippen LogP contribution in [0.5, 0.6) is 5.88 Å². The highest BCUT2D eigenvalue weighted by Gasteiger charge is 2.46. The van der Waals surface area contributed by atoms with Gasteiger partial charge in [-0.1, -0.05) is 17.3 Å². The molecular weight excluding hydrogens is 618 g/mol. The third kappa shape index (κ3) is 6.49. The van der Waals surface area contributed by atoms with Crippen molar-refractivity contribution in [3.05, 3.63) is 41.4 Å². The van der Waals surface area contributed by atoms with Gasteiger partial charge in [0.15, 0.2) is 0 Å². The fraction of sp³-hybridized carbons (Fsp3) is 0.517. The second-order valence-corrected chi connectivity index (χ2v) is 12.4. The number of methoxy groups -OCH3 is 1. The van der Waals surface area contributed by atoms with Gasteiger partial charge in [0, 0.05) is 32.4 Å². The summed E-state index contributed by atoms with van der Waals surface area (Å²) in [6, 6.07) is 4.69. The summed E-state index contributed by atoms with van der Waals surface area (Å²) in [6.45, 7) is 0.325. The molecule has 2 N–H and O–H groups in total. The smallest absolute Gasteiger partial charge is 0.393 e. The molecule has 16 heteroatoms. The number of aryl methyl sites for hydroxylation is 1. The number of rotatable bonds is 11. The van der Waals surface area contributed by atoms with Crippen molar-refractivity contribution in [3.8, 4) is 16.6 Å². The number of benzene rings is 1. The number of nitrogens with one attached hydrogen (secondary N) is 2. The number of hydrogen-bond acceptors (Lipinski definition) is 10. The summed E-state index contributed by atoms with van der Waals surface area (Å²) in [5.74, 6) is -0.424. The van der Waals surface area contributed by atoms with Crippen LogP contribution in [0.15, 0.2) is 28.9 Å². The van der Waals surface area contributed by atoms with Gasteiger partial charge in [-0.2, -0.15) is 18.2 Å². The van der Waals surface area contributed by atoms with Gasteiger partial charge in [0.25, 0.3) is 5.91 Å². The van der Waals surface area contributed by atoms with Crippen LogP contribution < -0.4 is 15.4 Å². The second kappa shape index (κ2) is 12.6. The Morgan fingerprint density at radius 1 is 1.22 bits per heavy atom. The van der Waals surface area contributed by atoms with Gasteiger partial charge < -0.3 is 24.6 Å². The number of carbonyl (C=O) groups excluding carboxylic acids is 1. The van der Waals surface area contributed by atoms with Gasteiger partial charge in [0.05, 0.1) is 40.9 Å². The Kier molecular flexibility index (Phi) is 8.72. The minimum atomic E-state index is -4.50. The van der Waals surface area contributed by atoms with E-state index in [2.05, 4.69) is 30.8 Å². The molecule has 4 aromatic rings. The van der Waals surface area contributed by atoms with Crippen molar-refractivity contribution in [2.24, 2.45) is 7.05 Å². The summed E-state index contributed by atoms with van der Waals surface area (Å²) < 4.78 is 74.6. The summed E-state index contributed by atoms with van der Waals surface area (Å²) in [5, 5.41) is 14.4. The normalized spacial score (nSPS) is 21.8. The van der Waals surface area contributed by atoms with Gasteiger partial charge in [0.1, 0.15) is 18.3 Å². The molecule has 2 aliphatic heterocycles. The fourth-order valence-corrected chi connectivity index (χ4v) is 7.42. The lowest BCUT2D eigenvalue weighted by atomic mass is 9.95. The number of piperidine rings is 1. The average molecular weight is 652 g/mol. The molecule has 1 amide bonds. The molecule has 3 aromatic heterocycles. The van der Waals surface area contributed by atoms with Crippen LogP contribution in [0.25, 0.3) is 20.8 Å². The number of ether oxygens (including phenoxy) is 2. The summed E-state index contributed by atoms with van der Waals surface area (Å²) in [6.07, 6.45) is -3.00. The number of halogens is 4. The molecule has 2 fully saturated rings. The maximum atomic E-state index is 15.5. The van der Waals surface area contributed by atoms with Crippen LogP contribution in [-0.2, 0) is 24.8 Å². The van der Waals surface area contributed by atoms with Crippen molar-refractivity contribution in [1.29, 1.82) is 0 Å². The molecule has 0 saturated carbocycles. The molecule has 242 valence electrons. The van der Waals surface area contributed by atoms with Gasteiger partial charge >= 0.3 is 6.18 Å². The van der Waals surface area contributed by atoms with Crippen molar-refractivity contribution >= 4 is 33.0 Å². The monoisotopic (exact) mass is 651 g/mol. The van der Waals surface area contributed by atoms with E-state index in [0.29, 0.717) is 28.8 Å². The molecule has 0 spiro atoms. The van der Waals surface area contributed by atoms with Crippen molar-refractivity contribution < 1.29 is 36.4 Å². The van der Waals surface area contributed by atoms with Crippen molar-refractivity contribution in [2.75, 3.05) is 32.7 Å². The first-order valence-electron chi connectivity index (χ1n) is 14.5. The quantitative estimate of drug-likeness (QED) is 0.175. The Morgan fingerprint density at radius 2 is 2.04 bits per heavy atom. The van der Waals surface area contributed by atoms with Crippen molar-refractivity contribution in [3.63, 3.8) is 0 Å². The van der Waals surface area contributed by atoms with Crippen LogP contribution in [0.1, 0.15) is 41.1 Å². The summed E-state index contributed by atoms with van der Waals surface area (Å²) in [7, 11) is 5.11. The van der Waals surface area contributed by atoms with Crippen LogP contribution in [0.4, 0.5) is 23.2 Å². The van der Waals surface area contributed by atoms with E-state index in [4.69, 9.17) is 14.0 Å². The third-order valence-corrected chi connectivity index (χ3v) is 9.62. The van der Waals surface area contributed by atoms with E-state index in [1.165, 1.54) is 18.0 Å². The standard InChI is InChI=1S/C29H33F4N7O4S/c1-39-14-18(28(37-39)43-10-9-42-3)27(41)34-13-22-36-26(38-44-22)25-17(12-29(31,32)33)16-5-4-6-19(24(16)45-25)35-20-11-15-7-8-21(23(20)30)40(15)2/h4-6,14-15,20-21,23,35H,7-13H2,1-3H3,(H,34,41)/t15-,20-,21+,23-/m1/s1. The maximum absolute atomic E-state index is 15.5. The molecule has 0 radical (unpaired) electrons. The van der Waals surface area contributed by atoms with Gasteiger partial charge in [-0.15, -0.1) is 16.4 Å². The molecule has 2 aliphatic rings. The zero-order valence-corrected chi connectivity index (χ0v) is 25.7. The molecule has 1 aromatic carbocycles. The van der Waals surface area contributed by atoms with E-state index in [0.717, 1.165) is 24.2 Å². The molecular formula is C29H33F4N7O4S. The van der Waals surface area contributed by atoms with E-state index in [-0.39, 0.29) is 58.8 Å². The topological polar surface area (TPSA) is 120 Å². The Balaban J connectivity index is 1.24. The largest absolute Gasteiger partial charge is 0.474 e. The van der Waals surface area contributed by atoms with E-state index < -0.39 is 30.7 Å². The third-order valence-electron chi connectivity index (χ3n) is 8.35. The highest BCUT2D eigenvalue weighted by molar-refractivity contribution is 7.23. The second-order valence-electron chi connectivity index (χ2n) is 11.3. The average Bonchev–Trinajstić information content (AvgIpc) is 3.75. The zero-order chi connectivity index (χ0) is 31.9. The number of alkyl halides is 4. The van der Waals surface area contributed by atoms with Crippen LogP contribution in [-0.4, -0.2) is 88.6 Å². The Labute approximate surface area is 259 Å². The van der Waals surface area contributed by atoms with E-state index in [1.807, 2.05) is 7.05 Å². The first-order valence-corrected chi connectivity index (χ1v) is 15.3. The predicted molar refractivity (Wildman–Crippen MR) is 158 cm³/mol. The van der Waals surface area contributed by atoms with E-state index in [9.17, 15) is 18.0 Å². The Bertz CT molecular complexity index is 1670. The van der Waals surface area contributed by atoms with Crippen LogP contribution in [0, 0.1) is 0 Å². The minimum absolute atomic E-state index is 0.0000679. The minimum Gasteiger partial charge on any atom is -0.474 e. The number of hydrogen-bond donors (Lipinski definition) is 2. The predicted octanol–water partition coefficient (Wildman–Crippen LogP) is 4.73. The summed E-state index contributed by atoms with van der Waals surface area (Å²) in [4.78, 5) is 19.4. The van der Waals surface area contributed by atoms with Gasteiger partial charge in [0.2, 0.25) is 17.6 Å². The number of amides is 1. The first kappa shape index (κ1) is 31.2. The van der Waals surface area contributed by atoms with Crippen LogP contribution >= 0.6 is 11.3 Å². The van der Waals surface area contributed by atoms with E-state index >= 15 is 4.39 Å². The lowest BCUT2D eigenvalue weighted by molar-refractivity contribution is -0.126. The first-order chi connectivity index (χ1) is 21.5. The highest BCUT2D eigenvalue weighted by Crippen LogP contribution is 2.45. The van der Waals surface area contributed by atoms with Gasteiger partial charge in [-0.3, -0.25) is 14.4 Å². The van der Waals surface area contributed by atoms with Crippen molar-refractivity contribution in [2.45, 2.75) is 62.7 Å². The van der Waals surface area contributed by atoms with E-state index in [1.54, 1.807) is 25.2 Å².